The van der Waals surface area contributed by atoms with Crippen LogP contribution in [0.3, 0.4) is 0 Å². The van der Waals surface area contributed by atoms with Gasteiger partial charge in [0.2, 0.25) is 0 Å². The molecule has 0 heterocycles. The average Bonchev–Trinajstić information content (AvgIpc) is 2.37. The fourth-order valence-corrected chi connectivity index (χ4v) is 1.61. The van der Waals surface area contributed by atoms with E-state index in [1.807, 2.05) is 0 Å². The molecule has 0 aromatic heterocycles. The third-order valence-corrected chi connectivity index (χ3v) is 2.67. The van der Waals surface area contributed by atoms with E-state index in [1.54, 1.807) is 0 Å². The molecular weight excluding hydrogens is 304 g/mol. The van der Waals surface area contributed by atoms with Crippen molar-refractivity contribution >= 4 is 12.6 Å². The number of ether oxygens (including phenoxy) is 2. The minimum absolute atomic E-state index is 0.00353. The van der Waals surface area contributed by atoms with Crippen LogP contribution in [0.5, 0.6) is 11.5 Å². The normalized spacial score (nSPS) is 14.4. The van der Waals surface area contributed by atoms with Gasteiger partial charge in [0.15, 0.2) is 11.5 Å². The lowest BCUT2D eigenvalue weighted by atomic mass is 10.0. The van der Waals surface area contributed by atoms with E-state index in [0.717, 1.165) is 18.2 Å². The summed E-state index contributed by atoms with van der Waals surface area (Å²) in [6, 6.07) is 2.97. The molecule has 0 aliphatic carbocycles. The van der Waals surface area contributed by atoms with Gasteiger partial charge >= 0.3 is 13.2 Å². The van der Waals surface area contributed by atoms with E-state index >= 15 is 0 Å². The molecule has 0 amide bonds. The lowest BCUT2D eigenvalue weighted by Gasteiger charge is -2.18. The number of benzene rings is 1. The number of hydrogen-bond acceptors (Lipinski definition) is 5. The molecule has 1 aromatic rings. The first kappa shape index (κ1) is 16.9. The van der Waals surface area contributed by atoms with Gasteiger partial charge in [0, 0.05) is 5.75 Å². The molecule has 20 heavy (non-hydrogen) atoms. The topological polar surface area (TPSA) is 58.9 Å². The standard InChI is InChI=1S/C11H12F4O4S/c12-10(13)18-7-2-1-5(9(17)6(16)4-20)3-8(7)19-11(14)15/h1-3,6,9-11,16-17,20H,4H2. The lowest BCUT2D eigenvalue weighted by molar-refractivity contribution is -0.0694. The maximum atomic E-state index is 12.2. The molecule has 2 atom stereocenters. The zero-order valence-electron chi connectivity index (χ0n) is 9.92. The van der Waals surface area contributed by atoms with Crippen molar-refractivity contribution in [3.8, 4) is 11.5 Å². The third kappa shape index (κ3) is 4.73. The van der Waals surface area contributed by atoms with Gasteiger partial charge in [-0.1, -0.05) is 6.07 Å². The van der Waals surface area contributed by atoms with Crippen molar-refractivity contribution in [3.05, 3.63) is 23.8 Å². The Morgan fingerprint density at radius 2 is 1.55 bits per heavy atom. The summed E-state index contributed by atoms with van der Waals surface area (Å²) in [6.45, 7) is -6.47. The fraction of sp³-hybridized carbons (Fsp3) is 0.455. The van der Waals surface area contributed by atoms with Crippen molar-refractivity contribution < 1.29 is 37.2 Å². The van der Waals surface area contributed by atoms with Crippen LogP contribution >= 0.6 is 12.6 Å². The highest BCUT2D eigenvalue weighted by molar-refractivity contribution is 7.80. The van der Waals surface area contributed by atoms with Crippen LogP contribution in [-0.4, -0.2) is 35.3 Å². The van der Waals surface area contributed by atoms with E-state index < -0.39 is 36.9 Å². The van der Waals surface area contributed by atoms with E-state index in [9.17, 15) is 27.8 Å². The van der Waals surface area contributed by atoms with Crippen LogP contribution in [0, 0.1) is 0 Å². The fourth-order valence-electron chi connectivity index (χ4n) is 1.41. The highest BCUT2D eigenvalue weighted by Crippen LogP contribution is 2.33. The molecule has 0 aliphatic heterocycles. The van der Waals surface area contributed by atoms with Crippen LogP contribution in [0.1, 0.15) is 11.7 Å². The molecule has 0 radical (unpaired) electrons. The number of halogens is 4. The molecule has 0 spiro atoms. The molecule has 1 rings (SSSR count). The lowest BCUT2D eigenvalue weighted by Crippen LogP contribution is -2.20. The minimum Gasteiger partial charge on any atom is -0.431 e. The Kier molecular flexibility index (Phi) is 6.37. The zero-order chi connectivity index (χ0) is 15.3. The van der Waals surface area contributed by atoms with Gasteiger partial charge in [-0.15, -0.1) is 0 Å². The predicted molar refractivity (Wildman–Crippen MR) is 64.5 cm³/mol. The second-order valence-electron chi connectivity index (χ2n) is 3.66. The number of alkyl halides is 4. The molecule has 0 aliphatic rings. The van der Waals surface area contributed by atoms with Gasteiger partial charge in [-0.25, -0.2) is 0 Å². The van der Waals surface area contributed by atoms with E-state index in [2.05, 4.69) is 22.1 Å². The van der Waals surface area contributed by atoms with Crippen LogP contribution in [-0.2, 0) is 0 Å². The van der Waals surface area contributed by atoms with Crippen molar-refractivity contribution in [1.29, 1.82) is 0 Å². The smallest absolute Gasteiger partial charge is 0.387 e. The molecule has 0 fully saturated rings. The van der Waals surface area contributed by atoms with Crippen LogP contribution < -0.4 is 9.47 Å². The summed E-state index contributed by atoms with van der Waals surface area (Å²) in [4.78, 5) is 0. The summed E-state index contributed by atoms with van der Waals surface area (Å²) in [5, 5.41) is 19.1. The Hall–Kier alpha value is -1.19. The summed E-state index contributed by atoms with van der Waals surface area (Å²) in [5.74, 6) is -1.35. The first-order chi connectivity index (χ1) is 9.35. The molecule has 0 bridgehead atoms. The van der Waals surface area contributed by atoms with Gasteiger partial charge in [0.05, 0.1) is 6.10 Å². The largest absolute Gasteiger partial charge is 0.431 e. The van der Waals surface area contributed by atoms with E-state index in [4.69, 9.17) is 0 Å². The maximum Gasteiger partial charge on any atom is 0.387 e. The maximum absolute atomic E-state index is 12.2. The van der Waals surface area contributed by atoms with Gasteiger partial charge in [-0.2, -0.15) is 30.2 Å². The van der Waals surface area contributed by atoms with Gasteiger partial charge in [-0.05, 0) is 17.7 Å². The summed E-state index contributed by atoms with van der Waals surface area (Å²) < 4.78 is 56.7. The quantitative estimate of drug-likeness (QED) is 0.533. The third-order valence-electron chi connectivity index (χ3n) is 2.29. The second kappa shape index (κ2) is 7.55. The van der Waals surface area contributed by atoms with Gasteiger partial charge < -0.3 is 19.7 Å². The molecule has 0 saturated carbocycles. The van der Waals surface area contributed by atoms with Crippen molar-refractivity contribution in [3.63, 3.8) is 0 Å². The molecular formula is C11H12F4O4S. The van der Waals surface area contributed by atoms with Crippen LogP contribution in [0.25, 0.3) is 0 Å². The summed E-state index contributed by atoms with van der Waals surface area (Å²) >= 11 is 3.77. The average molecular weight is 316 g/mol. The molecule has 2 unspecified atom stereocenters. The summed E-state index contributed by atoms with van der Waals surface area (Å²) in [7, 11) is 0. The number of hydrogen-bond donors (Lipinski definition) is 3. The van der Waals surface area contributed by atoms with Crippen LogP contribution in [0.15, 0.2) is 18.2 Å². The van der Waals surface area contributed by atoms with Crippen molar-refractivity contribution in [1.82, 2.24) is 0 Å². The van der Waals surface area contributed by atoms with E-state index in [-0.39, 0.29) is 11.3 Å². The minimum atomic E-state index is -3.25. The summed E-state index contributed by atoms with van der Waals surface area (Å²) in [5.41, 5.74) is 0.00353. The van der Waals surface area contributed by atoms with Crippen molar-refractivity contribution in [2.45, 2.75) is 25.4 Å². The Morgan fingerprint density at radius 1 is 1.00 bits per heavy atom. The first-order valence-electron chi connectivity index (χ1n) is 5.35. The van der Waals surface area contributed by atoms with Gasteiger partial charge in [-0.3, -0.25) is 0 Å². The molecule has 1 aromatic carbocycles. The van der Waals surface area contributed by atoms with Gasteiger partial charge in [0.1, 0.15) is 6.10 Å². The van der Waals surface area contributed by atoms with Crippen molar-refractivity contribution in [2.24, 2.45) is 0 Å². The molecule has 114 valence electrons. The summed E-state index contributed by atoms with van der Waals surface area (Å²) in [6.07, 6.45) is -2.67. The van der Waals surface area contributed by atoms with Gasteiger partial charge in [0.25, 0.3) is 0 Å². The molecule has 4 nitrogen and oxygen atoms in total. The number of thiol groups is 1. The SMILES string of the molecule is OC(CS)C(O)c1ccc(OC(F)F)c(OC(F)F)c1. The molecule has 0 saturated heterocycles. The predicted octanol–water partition coefficient (Wildman–Crippen LogP) is 2.21. The van der Waals surface area contributed by atoms with Crippen LogP contribution in [0.4, 0.5) is 17.6 Å². The highest BCUT2D eigenvalue weighted by atomic mass is 32.1. The molecule has 2 N–H and O–H groups in total. The Bertz CT molecular complexity index is 433. The Balaban J connectivity index is 3.06. The number of aliphatic hydroxyl groups is 2. The first-order valence-corrected chi connectivity index (χ1v) is 5.99. The van der Waals surface area contributed by atoms with E-state index in [0.29, 0.717) is 0 Å². The molecule has 9 heteroatoms. The number of rotatable bonds is 7. The van der Waals surface area contributed by atoms with Crippen molar-refractivity contribution in [2.75, 3.05) is 5.75 Å². The second-order valence-corrected chi connectivity index (χ2v) is 4.02. The van der Waals surface area contributed by atoms with E-state index in [1.165, 1.54) is 0 Å². The van der Waals surface area contributed by atoms with Crippen LogP contribution in [0.2, 0.25) is 0 Å². The Labute approximate surface area is 117 Å². The zero-order valence-corrected chi connectivity index (χ0v) is 10.8. The monoisotopic (exact) mass is 316 g/mol. The number of aliphatic hydroxyl groups excluding tert-OH is 2. The Morgan fingerprint density at radius 3 is 2.05 bits per heavy atom. The highest BCUT2D eigenvalue weighted by Gasteiger charge is 2.21.